The Hall–Kier alpha value is -3.03. The molecular weight excluding hydrogens is 360 g/mol. The van der Waals surface area contributed by atoms with Gasteiger partial charge in [0.15, 0.2) is 17.2 Å². The summed E-state index contributed by atoms with van der Waals surface area (Å²) in [5.74, 6) is 0.790. The highest BCUT2D eigenvalue weighted by atomic mass is 16.5. The van der Waals surface area contributed by atoms with Crippen molar-refractivity contribution >= 4 is 11.8 Å². The van der Waals surface area contributed by atoms with E-state index in [4.69, 9.17) is 15.2 Å². The number of carbonyl (C=O) groups excluding carboxylic acids is 2. The van der Waals surface area contributed by atoms with Crippen molar-refractivity contribution in [2.45, 2.75) is 19.3 Å². The number of hydrogen-bond acceptors (Lipinski definition) is 5. The fourth-order valence-corrected chi connectivity index (χ4v) is 4.24. The molecule has 0 bridgehead atoms. The highest BCUT2D eigenvalue weighted by Gasteiger charge is 2.34. The summed E-state index contributed by atoms with van der Waals surface area (Å²) in [7, 11) is 5.06. The van der Waals surface area contributed by atoms with Gasteiger partial charge in [0.05, 0.1) is 19.9 Å². The Bertz CT molecular complexity index is 958. The van der Waals surface area contributed by atoms with Gasteiger partial charge >= 0.3 is 0 Å². The maximum atomic E-state index is 13.1. The number of nitrogens with zero attached hydrogens (tertiary/aromatic N) is 3. The second-order valence-corrected chi connectivity index (χ2v) is 7.31. The second kappa shape index (κ2) is 6.85. The number of hydrogen-bond donors (Lipinski definition) is 1. The molecule has 4 rings (SSSR count). The molecule has 1 aromatic carbocycles. The molecule has 1 saturated heterocycles. The molecule has 2 N–H and O–H groups in total. The fraction of sp³-hybridized carbons (Fsp3) is 0.450. The zero-order valence-electron chi connectivity index (χ0n) is 16.3. The van der Waals surface area contributed by atoms with Crippen molar-refractivity contribution in [3.63, 3.8) is 0 Å². The third-order valence-corrected chi connectivity index (χ3v) is 5.76. The number of likely N-dealkylation sites (tertiary alicyclic amines) is 1. The summed E-state index contributed by atoms with van der Waals surface area (Å²) in [4.78, 5) is 26.3. The molecule has 1 aliphatic heterocycles. The molecule has 2 aliphatic rings. The Labute approximate surface area is 163 Å². The number of methoxy groups -OCH3 is 2. The van der Waals surface area contributed by atoms with Gasteiger partial charge in [0, 0.05) is 43.6 Å². The van der Waals surface area contributed by atoms with E-state index in [0.717, 1.165) is 22.4 Å². The van der Waals surface area contributed by atoms with E-state index in [-0.39, 0.29) is 17.7 Å². The van der Waals surface area contributed by atoms with Crippen molar-refractivity contribution in [3.05, 3.63) is 29.0 Å². The van der Waals surface area contributed by atoms with E-state index in [1.807, 2.05) is 19.2 Å². The molecule has 0 spiro atoms. The topological polar surface area (TPSA) is 99.7 Å². The summed E-state index contributed by atoms with van der Waals surface area (Å²) in [6.07, 6.45) is 1.83. The quantitative estimate of drug-likeness (QED) is 0.732. The summed E-state index contributed by atoms with van der Waals surface area (Å²) in [5.41, 5.74) is 9.83. The van der Waals surface area contributed by atoms with Crippen molar-refractivity contribution in [1.82, 2.24) is 14.7 Å². The normalized spacial score (nSPS) is 15.9. The molecule has 0 atom stereocenters. The first-order chi connectivity index (χ1) is 13.4. The summed E-state index contributed by atoms with van der Waals surface area (Å²) in [6, 6.07) is 3.90. The molecule has 0 saturated carbocycles. The molecule has 1 fully saturated rings. The van der Waals surface area contributed by atoms with Gasteiger partial charge in [-0.2, -0.15) is 5.10 Å². The number of nitrogens with two attached hydrogens (primary N) is 1. The number of rotatable bonds is 4. The van der Waals surface area contributed by atoms with Crippen molar-refractivity contribution in [2.24, 2.45) is 18.7 Å². The number of primary amides is 1. The van der Waals surface area contributed by atoms with E-state index in [1.165, 1.54) is 0 Å². The average Bonchev–Trinajstić information content (AvgIpc) is 3.23. The third-order valence-electron chi connectivity index (χ3n) is 5.76. The van der Waals surface area contributed by atoms with Crippen LogP contribution in [0.3, 0.4) is 0 Å². The molecule has 2 heterocycles. The SMILES string of the molecule is COc1cc2c(cc1OC)-c1c(c(C(=O)N3CCC(C(N)=O)CC3)nn1C)C2. The minimum absolute atomic E-state index is 0.0912. The van der Waals surface area contributed by atoms with Gasteiger partial charge in [-0.25, -0.2) is 0 Å². The highest BCUT2D eigenvalue weighted by molar-refractivity contribution is 5.97. The largest absolute Gasteiger partial charge is 0.493 e. The Balaban J connectivity index is 1.65. The van der Waals surface area contributed by atoms with Gasteiger partial charge < -0.3 is 20.1 Å². The van der Waals surface area contributed by atoms with Crippen molar-refractivity contribution < 1.29 is 19.1 Å². The molecule has 0 radical (unpaired) electrons. The van der Waals surface area contributed by atoms with Gasteiger partial charge in [-0.3, -0.25) is 14.3 Å². The van der Waals surface area contributed by atoms with Gasteiger partial charge in [-0.1, -0.05) is 0 Å². The number of fused-ring (bicyclic) bond motifs is 3. The van der Waals surface area contributed by atoms with E-state index in [1.54, 1.807) is 23.8 Å². The van der Waals surface area contributed by atoms with Gasteiger partial charge in [-0.05, 0) is 30.5 Å². The maximum absolute atomic E-state index is 13.1. The number of aromatic nitrogens is 2. The number of benzene rings is 1. The molecule has 8 nitrogen and oxygen atoms in total. The number of ether oxygens (including phenoxy) is 2. The van der Waals surface area contributed by atoms with Crippen molar-refractivity contribution in [3.8, 4) is 22.8 Å². The Morgan fingerprint density at radius 3 is 2.39 bits per heavy atom. The lowest BCUT2D eigenvalue weighted by atomic mass is 9.96. The molecule has 28 heavy (non-hydrogen) atoms. The van der Waals surface area contributed by atoms with E-state index in [9.17, 15) is 9.59 Å². The van der Waals surface area contributed by atoms with Crippen LogP contribution < -0.4 is 15.2 Å². The smallest absolute Gasteiger partial charge is 0.274 e. The van der Waals surface area contributed by atoms with Crippen LogP contribution in [0.4, 0.5) is 0 Å². The van der Waals surface area contributed by atoms with Gasteiger partial charge in [0.1, 0.15) is 0 Å². The molecule has 0 unspecified atom stereocenters. The fourth-order valence-electron chi connectivity index (χ4n) is 4.24. The van der Waals surface area contributed by atoms with E-state index in [2.05, 4.69) is 5.10 Å². The zero-order chi connectivity index (χ0) is 20.0. The summed E-state index contributed by atoms with van der Waals surface area (Å²) < 4.78 is 12.6. The lowest BCUT2D eigenvalue weighted by Crippen LogP contribution is -2.42. The van der Waals surface area contributed by atoms with Gasteiger partial charge in [0.25, 0.3) is 5.91 Å². The molecule has 1 aromatic heterocycles. The lowest BCUT2D eigenvalue weighted by Gasteiger charge is -2.30. The summed E-state index contributed by atoms with van der Waals surface area (Å²) >= 11 is 0. The third kappa shape index (κ3) is 2.80. The molecular formula is C20H24N4O4. The van der Waals surface area contributed by atoms with Crippen LogP contribution >= 0.6 is 0 Å². The van der Waals surface area contributed by atoms with Crippen LogP contribution in [-0.2, 0) is 18.3 Å². The Morgan fingerprint density at radius 1 is 1.14 bits per heavy atom. The highest BCUT2D eigenvalue weighted by Crippen LogP contribution is 2.43. The minimum atomic E-state index is -0.288. The first kappa shape index (κ1) is 18.3. The van der Waals surface area contributed by atoms with Crippen LogP contribution in [0.2, 0.25) is 0 Å². The predicted octanol–water partition coefficient (Wildman–Crippen LogP) is 1.35. The number of carbonyl (C=O) groups is 2. The predicted molar refractivity (Wildman–Crippen MR) is 102 cm³/mol. The van der Waals surface area contributed by atoms with Crippen LogP contribution in [0.5, 0.6) is 11.5 Å². The Kier molecular flexibility index (Phi) is 4.49. The van der Waals surface area contributed by atoms with E-state index < -0.39 is 0 Å². The molecule has 148 valence electrons. The summed E-state index contributed by atoms with van der Waals surface area (Å²) in [6.45, 7) is 1.04. The standard InChI is InChI=1S/C20H24N4O4/c1-23-18-13-10-16(28-3)15(27-2)9-12(13)8-14(18)17(22-23)20(26)24-6-4-11(5-7-24)19(21)25/h9-11H,4-8H2,1-3H3,(H2,21,25). The second-order valence-electron chi connectivity index (χ2n) is 7.31. The van der Waals surface area contributed by atoms with Crippen molar-refractivity contribution in [1.29, 1.82) is 0 Å². The van der Waals surface area contributed by atoms with Gasteiger partial charge in [-0.15, -0.1) is 0 Å². The van der Waals surface area contributed by atoms with Gasteiger partial charge in [0.2, 0.25) is 5.91 Å². The zero-order valence-corrected chi connectivity index (χ0v) is 16.3. The van der Waals surface area contributed by atoms with Crippen LogP contribution in [0.15, 0.2) is 12.1 Å². The van der Waals surface area contributed by atoms with Crippen LogP contribution in [0, 0.1) is 5.92 Å². The average molecular weight is 384 g/mol. The van der Waals surface area contributed by atoms with E-state index in [0.29, 0.717) is 49.5 Å². The lowest BCUT2D eigenvalue weighted by molar-refractivity contribution is -0.123. The minimum Gasteiger partial charge on any atom is -0.493 e. The first-order valence-electron chi connectivity index (χ1n) is 9.34. The molecule has 8 heteroatoms. The van der Waals surface area contributed by atoms with E-state index >= 15 is 0 Å². The number of aryl methyl sites for hydroxylation is 1. The van der Waals surface area contributed by atoms with Crippen LogP contribution in [-0.4, -0.2) is 53.8 Å². The number of amides is 2. The monoisotopic (exact) mass is 384 g/mol. The Morgan fingerprint density at radius 2 is 1.79 bits per heavy atom. The molecule has 2 amide bonds. The molecule has 1 aliphatic carbocycles. The molecule has 2 aromatic rings. The summed E-state index contributed by atoms with van der Waals surface area (Å²) in [5, 5.41) is 4.52. The van der Waals surface area contributed by atoms with Crippen LogP contribution in [0.25, 0.3) is 11.3 Å². The maximum Gasteiger partial charge on any atom is 0.274 e. The van der Waals surface area contributed by atoms with Crippen LogP contribution in [0.1, 0.15) is 34.5 Å². The van der Waals surface area contributed by atoms with Crippen molar-refractivity contribution in [2.75, 3.05) is 27.3 Å². The number of piperidine rings is 1. The first-order valence-corrected chi connectivity index (χ1v) is 9.34.